The van der Waals surface area contributed by atoms with Crippen molar-refractivity contribution in [2.45, 2.75) is 18.9 Å². The second kappa shape index (κ2) is 9.64. The summed E-state index contributed by atoms with van der Waals surface area (Å²) in [5.41, 5.74) is 0.712. The number of fused-ring (bicyclic) bond motifs is 1. The van der Waals surface area contributed by atoms with E-state index in [0.717, 1.165) is 9.78 Å². The zero-order chi connectivity index (χ0) is 21.7. The lowest BCUT2D eigenvalue weighted by Gasteiger charge is -2.16. The number of hydrogen-bond donors (Lipinski definition) is 1. The first-order chi connectivity index (χ1) is 14.5. The van der Waals surface area contributed by atoms with Gasteiger partial charge in [0.1, 0.15) is 0 Å². The van der Waals surface area contributed by atoms with Crippen LogP contribution in [0.3, 0.4) is 0 Å². The second-order valence-corrected chi connectivity index (χ2v) is 7.67. The van der Waals surface area contributed by atoms with E-state index in [0.29, 0.717) is 13.0 Å². The summed E-state index contributed by atoms with van der Waals surface area (Å²) in [6.07, 6.45) is 0.518. The third-order valence-corrected chi connectivity index (χ3v) is 5.74. The van der Waals surface area contributed by atoms with Crippen molar-refractivity contribution in [2.75, 3.05) is 27.4 Å². The van der Waals surface area contributed by atoms with Crippen LogP contribution in [0.4, 0.5) is 0 Å². The molecule has 0 radical (unpaired) electrons. The van der Waals surface area contributed by atoms with E-state index < -0.39 is 23.8 Å². The maximum atomic E-state index is 12.8. The number of amides is 3. The Balaban J connectivity index is 1.77. The Morgan fingerprint density at radius 1 is 1.13 bits per heavy atom. The molecule has 3 amide bonds. The minimum atomic E-state index is -0.555. The van der Waals surface area contributed by atoms with Gasteiger partial charge < -0.3 is 14.8 Å². The Morgan fingerprint density at radius 3 is 2.57 bits per heavy atom. The average molecular weight is 430 g/mol. The number of ether oxygens (including phenoxy) is 2. The monoisotopic (exact) mass is 430 g/mol. The summed E-state index contributed by atoms with van der Waals surface area (Å²) in [5.74, 6) is -1.70. The summed E-state index contributed by atoms with van der Waals surface area (Å²) in [6, 6.07) is 7.50. The van der Waals surface area contributed by atoms with Gasteiger partial charge in [-0.2, -0.15) is 0 Å². The van der Waals surface area contributed by atoms with Crippen molar-refractivity contribution in [1.29, 1.82) is 0 Å². The summed E-state index contributed by atoms with van der Waals surface area (Å²) < 4.78 is 9.69. The molecule has 1 aromatic carbocycles. The molecule has 158 valence electrons. The van der Waals surface area contributed by atoms with Crippen LogP contribution in [0.2, 0.25) is 0 Å². The van der Waals surface area contributed by atoms with Crippen molar-refractivity contribution >= 4 is 35.0 Å². The van der Waals surface area contributed by atoms with Gasteiger partial charge in [-0.1, -0.05) is 6.07 Å². The van der Waals surface area contributed by atoms with E-state index in [4.69, 9.17) is 9.47 Å². The van der Waals surface area contributed by atoms with Crippen LogP contribution in [0.1, 0.15) is 54.8 Å². The van der Waals surface area contributed by atoms with Crippen molar-refractivity contribution < 1.29 is 28.7 Å². The smallest absolute Gasteiger partial charge is 0.307 e. The Labute approximate surface area is 177 Å². The number of nitrogens with zero attached hydrogens (tertiary/aromatic N) is 1. The highest BCUT2D eigenvalue weighted by atomic mass is 32.1. The zero-order valence-corrected chi connectivity index (χ0v) is 17.5. The largest absolute Gasteiger partial charge is 0.469 e. The van der Waals surface area contributed by atoms with E-state index in [1.807, 2.05) is 17.5 Å². The Bertz CT molecular complexity index is 956. The topological polar surface area (TPSA) is 102 Å². The number of benzene rings is 1. The molecule has 0 bridgehead atoms. The van der Waals surface area contributed by atoms with Crippen LogP contribution in [0.15, 0.2) is 35.7 Å². The molecule has 9 heteroatoms. The molecule has 2 heterocycles. The van der Waals surface area contributed by atoms with E-state index in [-0.39, 0.29) is 35.6 Å². The summed E-state index contributed by atoms with van der Waals surface area (Å²) in [5, 5.41) is 4.67. The number of methoxy groups -OCH3 is 2. The maximum absolute atomic E-state index is 12.8. The third-order valence-electron chi connectivity index (χ3n) is 4.75. The molecule has 30 heavy (non-hydrogen) atoms. The van der Waals surface area contributed by atoms with Gasteiger partial charge in [-0.25, -0.2) is 0 Å². The van der Waals surface area contributed by atoms with Gasteiger partial charge in [-0.05, 0) is 36.1 Å². The van der Waals surface area contributed by atoms with E-state index in [2.05, 4.69) is 5.32 Å². The lowest BCUT2D eigenvalue weighted by molar-refractivity contribution is -0.141. The fourth-order valence-electron chi connectivity index (χ4n) is 3.21. The van der Waals surface area contributed by atoms with Gasteiger partial charge in [0.25, 0.3) is 17.7 Å². The van der Waals surface area contributed by atoms with E-state index >= 15 is 0 Å². The number of esters is 1. The number of thiophene rings is 1. The van der Waals surface area contributed by atoms with Crippen LogP contribution in [0.25, 0.3) is 0 Å². The predicted octanol–water partition coefficient (Wildman–Crippen LogP) is 2.41. The molecule has 1 aliphatic rings. The number of carbonyl (C=O) groups excluding carboxylic acids is 4. The molecular weight excluding hydrogens is 408 g/mol. The Hall–Kier alpha value is -3.04. The van der Waals surface area contributed by atoms with Crippen molar-refractivity contribution in [3.05, 3.63) is 57.3 Å². The molecule has 0 saturated heterocycles. The van der Waals surface area contributed by atoms with Gasteiger partial charge in [-0.15, -0.1) is 11.3 Å². The van der Waals surface area contributed by atoms with E-state index in [1.54, 1.807) is 7.11 Å². The minimum Gasteiger partial charge on any atom is -0.469 e. The number of hydrogen-bond acceptors (Lipinski definition) is 7. The van der Waals surface area contributed by atoms with Crippen LogP contribution in [0.5, 0.6) is 0 Å². The molecule has 2 aromatic rings. The van der Waals surface area contributed by atoms with Crippen LogP contribution in [0, 0.1) is 0 Å². The molecular formula is C21H22N2O6S. The molecule has 0 spiro atoms. The van der Waals surface area contributed by atoms with Gasteiger partial charge >= 0.3 is 5.97 Å². The predicted molar refractivity (Wildman–Crippen MR) is 109 cm³/mol. The SMILES string of the molecule is COCCCN1C(=O)c2ccc(C(=O)NC(CC(=O)OC)c3cccs3)cc2C1=O. The van der Waals surface area contributed by atoms with E-state index in [9.17, 15) is 19.2 Å². The molecule has 1 atom stereocenters. The van der Waals surface area contributed by atoms with Crippen molar-refractivity contribution in [3.63, 3.8) is 0 Å². The summed E-state index contributed by atoms with van der Waals surface area (Å²) in [4.78, 5) is 51.7. The van der Waals surface area contributed by atoms with Gasteiger partial charge in [0.15, 0.2) is 0 Å². The molecule has 1 unspecified atom stereocenters. The lowest BCUT2D eigenvalue weighted by atomic mass is 10.0. The van der Waals surface area contributed by atoms with Gasteiger partial charge in [0.2, 0.25) is 0 Å². The van der Waals surface area contributed by atoms with Gasteiger partial charge in [-0.3, -0.25) is 24.1 Å². The lowest BCUT2D eigenvalue weighted by Crippen LogP contribution is -2.31. The summed E-state index contributed by atoms with van der Waals surface area (Å²) in [6.45, 7) is 0.687. The highest BCUT2D eigenvalue weighted by molar-refractivity contribution is 7.10. The standard InChI is InChI=1S/C21H22N2O6S/c1-28-9-4-8-23-20(26)14-7-6-13(11-15(14)21(23)27)19(25)22-16(12-18(24)29-2)17-5-3-10-30-17/h3,5-7,10-11,16H,4,8-9,12H2,1-2H3,(H,22,25). The van der Waals surface area contributed by atoms with Crippen molar-refractivity contribution in [1.82, 2.24) is 10.2 Å². The molecule has 0 aliphatic carbocycles. The second-order valence-electron chi connectivity index (χ2n) is 6.69. The first-order valence-corrected chi connectivity index (χ1v) is 10.2. The quantitative estimate of drug-likeness (QED) is 0.372. The molecule has 1 aliphatic heterocycles. The minimum absolute atomic E-state index is 0.0155. The van der Waals surface area contributed by atoms with Crippen LogP contribution in [-0.4, -0.2) is 56.0 Å². The zero-order valence-electron chi connectivity index (χ0n) is 16.7. The molecule has 0 saturated carbocycles. The van der Waals surface area contributed by atoms with Crippen LogP contribution < -0.4 is 5.32 Å². The Kier molecular flexibility index (Phi) is 6.96. The molecule has 1 N–H and O–H groups in total. The van der Waals surface area contributed by atoms with Gasteiger partial charge in [0, 0.05) is 30.7 Å². The van der Waals surface area contributed by atoms with Crippen molar-refractivity contribution in [3.8, 4) is 0 Å². The summed E-state index contributed by atoms with van der Waals surface area (Å²) >= 11 is 1.41. The highest BCUT2D eigenvalue weighted by Gasteiger charge is 2.35. The molecule has 8 nitrogen and oxygen atoms in total. The first-order valence-electron chi connectivity index (χ1n) is 9.36. The molecule has 0 fully saturated rings. The molecule has 3 rings (SSSR count). The fraction of sp³-hybridized carbons (Fsp3) is 0.333. The summed E-state index contributed by atoms with van der Waals surface area (Å²) in [7, 11) is 2.84. The Morgan fingerprint density at radius 2 is 1.90 bits per heavy atom. The third kappa shape index (κ3) is 4.58. The van der Waals surface area contributed by atoms with E-state index in [1.165, 1.54) is 36.6 Å². The normalized spacial score (nSPS) is 13.9. The number of imide groups is 1. The fourth-order valence-corrected chi connectivity index (χ4v) is 3.98. The van der Waals surface area contributed by atoms with Crippen molar-refractivity contribution in [2.24, 2.45) is 0 Å². The average Bonchev–Trinajstić information content (AvgIpc) is 3.36. The number of carbonyl (C=O) groups is 4. The molecule has 1 aromatic heterocycles. The maximum Gasteiger partial charge on any atom is 0.307 e. The number of rotatable bonds is 9. The highest BCUT2D eigenvalue weighted by Crippen LogP contribution is 2.26. The van der Waals surface area contributed by atoms with Crippen LogP contribution >= 0.6 is 11.3 Å². The number of nitrogens with one attached hydrogen (secondary N) is 1. The van der Waals surface area contributed by atoms with Crippen LogP contribution in [-0.2, 0) is 14.3 Å². The first kappa shape index (κ1) is 21.7. The van der Waals surface area contributed by atoms with Gasteiger partial charge in [0.05, 0.1) is 30.7 Å².